The molecule has 0 spiro atoms. The van der Waals surface area contributed by atoms with Gasteiger partial charge in [0.2, 0.25) is 0 Å². The van der Waals surface area contributed by atoms with Crippen molar-refractivity contribution in [1.29, 1.82) is 0 Å². The van der Waals surface area contributed by atoms with E-state index in [2.05, 4.69) is 6.08 Å². The van der Waals surface area contributed by atoms with Crippen LogP contribution in [0.5, 0.6) is 0 Å². The van der Waals surface area contributed by atoms with Gasteiger partial charge in [0.05, 0.1) is 0 Å². The van der Waals surface area contributed by atoms with E-state index in [1.54, 1.807) is 0 Å². The molecule has 0 amide bonds. The zero-order valence-corrected chi connectivity index (χ0v) is 10.2. The van der Waals surface area contributed by atoms with Crippen LogP contribution >= 0.6 is 11.6 Å². The molecule has 2 rings (SSSR count). The molecule has 0 aromatic heterocycles. The Morgan fingerprint density at radius 2 is 1.94 bits per heavy atom. The van der Waals surface area contributed by atoms with Crippen molar-refractivity contribution in [3.8, 4) is 0 Å². The highest BCUT2D eigenvalue weighted by Gasteiger charge is 2.10. The molecule has 0 heterocycles. The van der Waals surface area contributed by atoms with Crippen LogP contribution in [0.1, 0.15) is 43.7 Å². The third-order valence-corrected chi connectivity index (χ3v) is 3.42. The van der Waals surface area contributed by atoms with Crippen molar-refractivity contribution in [1.82, 2.24) is 0 Å². The lowest BCUT2D eigenvalue weighted by atomic mass is 9.92. The number of rotatable bonds is 3. The normalized spacial score (nSPS) is 18.0. The number of hydrogen-bond donors (Lipinski definition) is 1. The molecule has 1 aromatic rings. The van der Waals surface area contributed by atoms with Crippen LogP contribution < -0.4 is 5.73 Å². The van der Waals surface area contributed by atoms with E-state index in [9.17, 15) is 0 Å². The summed E-state index contributed by atoms with van der Waals surface area (Å²) in [4.78, 5) is 0. The van der Waals surface area contributed by atoms with Gasteiger partial charge in [-0.2, -0.15) is 0 Å². The Kier molecular flexibility index (Phi) is 4.03. The van der Waals surface area contributed by atoms with Gasteiger partial charge in [-0.25, -0.2) is 0 Å². The minimum atomic E-state index is 0.113. The highest BCUT2D eigenvalue weighted by atomic mass is 35.5. The molecular formula is C14H18ClN. The third kappa shape index (κ3) is 3.10. The lowest BCUT2D eigenvalue weighted by molar-refractivity contribution is 0.628. The predicted octanol–water partition coefficient (Wildman–Crippen LogP) is 4.23. The SMILES string of the molecule is NC(CC1=CCCCC1)c1ccc(Cl)cc1. The summed E-state index contributed by atoms with van der Waals surface area (Å²) in [5, 5.41) is 0.771. The number of halogens is 1. The van der Waals surface area contributed by atoms with Crippen LogP contribution in [-0.2, 0) is 0 Å². The van der Waals surface area contributed by atoms with Crippen LogP contribution in [0.4, 0.5) is 0 Å². The Labute approximate surface area is 102 Å². The number of benzene rings is 1. The minimum Gasteiger partial charge on any atom is -0.324 e. The van der Waals surface area contributed by atoms with E-state index in [-0.39, 0.29) is 6.04 Å². The quantitative estimate of drug-likeness (QED) is 0.780. The third-order valence-electron chi connectivity index (χ3n) is 3.17. The molecular weight excluding hydrogens is 218 g/mol. The van der Waals surface area contributed by atoms with E-state index in [0.717, 1.165) is 11.4 Å². The van der Waals surface area contributed by atoms with Crippen molar-refractivity contribution in [3.05, 3.63) is 46.5 Å². The zero-order chi connectivity index (χ0) is 11.4. The molecule has 0 bridgehead atoms. The van der Waals surface area contributed by atoms with Gasteiger partial charge in [0.25, 0.3) is 0 Å². The summed E-state index contributed by atoms with van der Waals surface area (Å²) in [6.45, 7) is 0. The topological polar surface area (TPSA) is 26.0 Å². The maximum absolute atomic E-state index is 6.19. The second-order valence-electron chi connectivity index (χ2n) is 4.47. The summed E-state index contributed by atoms with van der Waals surface area (Å²) in [5.41, 5.74) is 8.89. The molecule has 0 saturated carbocycles. The fraction of sp³-hybridized carbons (Fsp3) is 0.429. The molecule has 2 N–H and O–H groups in total. The smallest absolute Gasteiger partial charge is 0.0406 e. The minimum absolute atomic E-state index is 0.113. The van der Waals surface area contributed by atoms with Crippen molar-refractivity contribution in [2.75, 3.05) is 0 Å². The van der Waals surface area contributed by atoms with E-state index in [4.69, 9.17) is 17.3 Å². The van der Waals surface area contributed by atoms with Crippen LogP contribution in [0, 0.1) is 0 Å². The fourth-order valence-electron chi connectivity index (χ4n) is 2.20. The fourth-order valence-corrected chi connectivity index (χ4v) is 2.33. The Morgan fingerprint density at radius 3 is 2.56 bits per heavy atom. The van der Waals surface area contributed by atoms with Crippen molar-refractivity contribution >= 4 is 11.6 Å². The van der Waals surface area contributed by atoms with Gasteiger partial charge in [-0.05, 0) is 49.8 Å². The van der Waals surface area contributed by atoms with Gasteiger partial charge in [0, 0.05) is 11.1 Å². The summed E-state index contributed by atoms with van der Waals surface area (Å²) in [6.07, 6.45) is 8.45. The van der Waals surface area contributed by atoms with E-state index in [1.165, 1.54) is 36.8 Å². The van der Waals surface area contributed by atoms with Gasteiger partial charge >= 0.3 is 0 Å². The number of hydrogen-bond acceptors (Lipinski definition) is 1. The van der Waals surface area contributed by atoms with Gasteiger partial charge in [-0.3, -0.25) is 0 Å². The van der Waals surface area contributed by atoms with Gasteiger partial charge < -0.3 is 5.73 Å². The Morgan fingerprint density at radius 1 is 1.19 bits per heavy atom. The largest absolute Gasteiger partial charge is 0.324 e. The van der Waals surface area contributed by atoms with Crippen LogP contribution in [0.25, 0.3) is 0 Å². The second-order valence-corrected chi connectivity index (χ2v) is 4.91. The van der Waals surface area contributed by atoms with E-state index in [0.29, 0.717) is 0 Å². The van der Waals surface area contributed by atoms with Gasteiger partial charge in [-0.15, -0.1) is 0 Å². The molecule has 0 fully saturated rings. The van der Waals surface area contributed by atoms with Crippen molar-refractivity contribution in [2.24, 2.45) is 5.73 Å². The second kappa shape index (κ2) is 5.51. The predicted molar refractivity (Wildman–Crippen MR) is 69.5 cm³/mol. The standard InChI is InChI=1S/C14H18ClN/c15-13-8-6-12(7-9-13)14(16)10-11-4-2-1-3-5-11/h4,6-9,14H,1-3,5,10,16H2. The molecule has 0 aliphatic heterocycles. The van der Waals surface area contributed by atoms with Crippen molar-refractivity contribution in [3.63, 3.8) is 0 Å². The molecule has 1 aromatic carbocycles. The highest BCUT2D eigenvalue weighted by molar-refractivity contribution is 6.30. The van der Waals surface area contributed by atoms with Crippen LogP contribution in [0.2, 0.25) is 5.02 Å². The maximum atomic E-state index is 6.19. The average Bonchev–Trinajstić information content (AvgIpc) is 2.31. The van der Waals surface area contributed by atoms with E-state index >= 15 is 0 Å². The Bertz CT molecular complexity index is 367. The van der Waals surface area contributed by atoms with Crippen LogP contribution in [-0.4, -0.2) is 0 Å². The first-order valence-electron chi connectivity index (χ1n) is 5.94. The first-order chi connectivity index (χ1) is 7.75. The Balaban J connectivity index is 1.99. The van der Waals surface area contributed by atoms with Crippen molar-refractivity contribution < 1.29 is 0 Å². The van der Waals surface area contributed by atoms with Crippen molar-refractivity contribution in [2.45, 2.75) is 38.1 Å². The molecule has 1 unspecified atom stereocenters. The van der Waals surface area contributed by atoms with Gasteiger partial charge in [0.15, 0.2) is 0 Å². The summed E-state index contributed by atoms with van der Waals surface area (Å²) in [6, 6.07) is 7.98. The summed E-state index contributed by atoms with van der Waals surface area (Å²) in [5.74, 6) is 0. The molecule has 2 heteroatoms. The number of nitrogens with two attached hydrogens (primary N) is 1. The van der Waals surface area contributed by atoms with Crippen LogP contribution in [0.3, 0.4) is 0 Å². The van der Waals surface area contributed by atoms with Gasteiger partial charge in [-0.1, -0.05) is 35.4 Å². The maximum Gasteiger partial charge on any atom is 0.0406 e. The number of allylic oxidation sites excluding steroid dienone is 1. The highest BCUT2D eigenvalue weighted by Crippen LogP contribution is 2.26. The summed E-state index contributed by atoms with van der Waals surface area (Å²) < 4.78 is 0. The Hall–Kier alpha value is -0.790. The molecule has 86 valence electrons. The van der Waals surface area contributed by atoms with Crippen LogP contribution in [0.15, 0.2) is 35.9 Å². The molecule has 1 nitrogen and oxygen atoms in total. The molecule has 0 radical (unpaired) electrons. The molecule has 0 saturated heterocycles. The lowest BCUT2D eigenvalue weighted by Gasteiger charge is -2.17. The molecule has 1 atom stereocenters. The van der Waals surface area contributed by atoms with Gasteiger partial charge in [0.1, 0.15) is 0 Å². The molecule has 1 aliphatic carbocycles. The summed E-state index contributed by atoms with van der Waals surface area (Å²) in [7, 11) is 0. The van der Waals surface area contributed by atoms with E-state index in [1.807, 2.05) is 24.3 Å². The van der Waals surface area contributed by atoms with E-state index < -0.39 is 0 Å². The first-order valence-corrected chi connectivity index (χ1v) is 6.32. The lowest BCUT2D eigenvalue weighted by Crippen LogP contribution is -2.11. The zero-order valence-electron chi connectivity index (χ0n) is 9.45. The average molecular weight is 236 g/mol. The monoisotopic (exact) mass is 235 g/mol. The molecule has 16 heavy (non-hydrogen) atoms. The molecule has 1 aliphatic rings. The summed E-state index contributed by atoms with van der Waals surface area (Å²) >= 11 is 5.86. The first kappa shape index (κ1) is 11.7.